The van der Waals surface area contributed by atoms with Crippen molar-refractivity contribution in [3.8, 4) is 12.3 Å². The first-order valence-corrected chi connectivity index (χ1v) is 6.20. The number of unbranched alkanes of at least 4 members (excludes halogenated alkanes) is 1. The maximum atomic E-state index is 12.9. The highest BCUT2D eigenvalue weighted by Gasteiger charge is 2.09. The van der Waals surface area contributed by atoms with Crippen molar-refractivity contribution in [1.82, 2.24) is 5.32 Å². The minimum atomic E-state index is -0.188. The van der Waals surface area contributed by atoms with Gasteiger partial charge in [-0.3, -0.25) is 0 Å². The lowest BCUT2D eigenvalue weighted by Crippen LogP contribution is -2.22. The molecule has 0 bridgehead atoms. The van der Waals surface area contributed by atoms with Crippen LogP contribution in [0.1, 0.15) is 44.2 Å². The summed E-state index contributed by atoms with van der Waals surface area (Å²) in [6, 6.07) is 7.00. The molecular formula is C15H20FN. The maximum absolute atomic E-state index is 12.9. The van der Waals surface area contributed by atoms with Gasteiger partial charge in [0.05, 0.1) is 0 Å². The van der Waals surface area contributed by atoms with Crippen molar-refractivity contribution in [2.75, 3.05) is 6.54 Å². The van der Waals surface area contributed by atoms with E-state index < -0.39 is 0 Å². The third kappa shape index (κ3) is 5.01. The van der Waals surface area contributed by atoms with Gasteiger partial charge in [0, 0.05) is 19.0 Å². The zero-order valence-electron chi connectivity index (χ0n) is 10.4. The van der Waals surface area contributed by atoms with Gasteiger partial charge in [0.1, 0.15) is 5.82 Å². The van der Waals surface area contributed by atoms with Gasteiger partial charge in [0.2, 0.25) is 0 Å². The normalized spacial score (nSPS) is 12.1. The number of terminal acetylenes is 1. The van der Waals surface area contributed by atoms with Crippen molar-refractivity contribution in [1.29, 1.82) is 0 Å². The standard InChI is InChI=1S/C15H20FN/c1-3-5-7-15(17-12-6-4-2)13-8-10-14(16)11-9-13/h2,8-11,15,17H,3,5-7,12H2,1H3. The average molecular weight is 233 g/mol. The van der Waals surface area contributed by atoms with E-state index in [0.717, 1.165) is 37.8 Å². The van der Waals surface area contributed by atoms with Crippen molar-refractivity contribution < 1.29 is 4.39 Å². The Kier molecular flexibility index (Phi) is 6.35. The summed E-state index contributed by atoms with van der Waals surface area (Å²) in [7, 11) is 0. The first-order chi connectivity index (χ1) is 8.27. The van der Waals surface area contributed by atoms with Crippen molar-refractivity contribution in [2.45, 2.75) is 38.6 Å². The largest absolute Gasteiger partial charge is 0.309 e. The SMILES string of the molecule is C#CCCNC(CCCC)c1ccc(F)cc1. The van der Waals surface area contributed by atoms with Gasteiger partial charge in [-0.05, 0) is 24.1 Å². The predicted octanol–water partition coefficient (Wildman–Crippen LogP) is 3.67. The molecule has 1 atom stereocenters. The molecule has 1 aromatic rings. The quantitative estimate of drug-likeness (QED) is 0.559. The van der Waals surface area contributed by atoms with Crippen LogP contribution in [0, 0.1) is 18.2 Å². The van der Waals surface area contributed by atoms with Crippen LogP contribution in [0.25, 0.3) is 0 Å². The molecule has 0 aliphatic heterocycles. The van der Waals surface area contributed by atoms with Crippen LogP contribution in [0.15, 0.2) is 24.3 Å². The van der Waals surface area contributed by atoms with E-state index in [1.165, 1.54) is 12.1 Å². The molecular weight excluding hydrogens is 213 g/mol. The van der Waals surface area contributed by atoms with Crippen molar-refractivity contribution in [2.24, 2.45) is 0 Å². The Morgan fingerprint density at radius 1 is 1.35 bits per heavy atom. The second-order valence-electron chi connectivity index (χ2n) is 4.15. The lowest BCUT2D eigenvalue weighted by molar-refractivity contribution is 0.487. The smallest absolute Gasteiger partial charge is 0.123 e. The van der Waals surface area contributed by atoms with E-state index in [-0.39, 0.29) is 11.9 Å². The van der Waals surface area contributed by atoms with Crippen LogP contribution < -0.4 is 5.32 Å². The Morgan fingerprint density at radius 3 is 2.65 bits per heavy atom. The Hall–Kier alpha value is -1.33. The average Bonchev–Trinajstić information content (AvgIpc) is 2.35. The molecule has 0 aliphatic carbocycles. The third-order valence-electron chi connectivity index (χ3n) is 2.78. The van der Waals surface area contributed by atoms with E-state index in [0.29, 0.717) is 0 Å². The fraction of sp³-hybridized carbons (Fsp3) is 0.467. The first kappa shape index (κ1) is 13.7. The molecule has 0 spiro atoms. The number of hydrogen-bond donors (Lipinski definition) is 1. The number of nitrogens with one attached hydrogen (secondary N) is 1. The molecule has 0 heterocycles. The fourth-order valence-electron chi connectivity index (χ4n) is 1.81. The first-order valence-electron chi connectivity index (χ1n) is 6.20. The van der Waals surface area contributed by atoms with Crippen molar-refractivity contribution in [3.63, 3.8) is 0 Å². The zero-order valence-corrected chi connectivity index (χ0v) is 10.4. The molecule has 0 saturated heterocycles. The lowest BCUT2D eigenvalue weighted by atomic mass is 10.0. The van der Waals surface area contributed by atoms with Crippen LogP contribution in [-0.4, -0.2) is 6.54 Å². The Labute approximate surface area is 103 Å². The second-order valence-corrected chi connectivity index (χ2v) is 4.15. The molecule has 0 amide bonds. The monoisotopic (exact) mass is 233 g/mol. The van der Waals surface area contributed by atoms with Crippen LogP contribution in [0.5, 0.6) is 0 Å². The molecule has 0 radical (unpaired) electrons. The van der Waals surface area contributed by atoms with E-state index in [2.05, 4.69) is 18.2 Å². The van der Waals surface area contributed by atoms with Crippen LogP contribution >= 0.6 is 0 Å². The molecule has 92 valence electrons. The molecule has 1 N–H and O–H groups in total. The highest BCUT2D eigenvalue weighted by molar-refractivity contribution is 5.19. The summed E-state index contributed by atoms with van der Waals surface area (Å²) in [5.74, 6) is 2.43. The maximum Gasteiger partial charge on any atom is 0.123 e. The number of hydrogen-bond acceptors (Lipinski definition) is 1. The highest BCUT2D eigenvalue weighted by Crippen LogP contribution is 2.19. The highest BCUT2D eigenvalue weighted by atomic mass is 19.1. The Morgan fingerprint density at radius 2 is 2.06 bits per heavy atom. The van der Waals surface area contributed by atoms with Crippen molar-refractivity contribution >= 4 is 0 Å². The van der Waals surface area contributed by atoms with Gasteiger partial charge < -0.3 is 5.32 Å². The van der Waals surface area contributed by atoms with Gasteiger partial charge in [-0.2, -0.15) is 0 Å². The summed E-state index contributed by atoms with van der Waals surface area (Å²) in [4.78, 5) is 0. The number of benzene rings is 1. The molecule has 0 saturated carbocycles. The minimum absolute atomic E-state index is 0.188. The Bertz CT molecular complexity index is 350. The number of halogens is 1. The van der Waals surface area contributed by atoms with Crippen LogP contribution in [0.3, 0.4) is 0 Å². The summed E-state index contributed by atoms with van der Waals surface area (Å²) in [5, 5.41) is 3.43. The summed E-state index contributed by atoms with van der Waals surface area (Å²) < 4.78 is 12.9. The topological polar surface area (TPSA) is 12.0 Å². The van der Waals surface area contributed by atoms with Crippen LogP contribution in [-0.2, 0) is 0 Å². The van der Waals surface area contributed by atoms with Gasteiger partial charge in [-0.25, -0.2) is 4.39 Å². The molecule has 2 heteroatoms. The minimum Gasteiger partial charge on any atom is -0.309 e. The predicted molar refractivity (Wildman–Crippen MR) is 70.1 cm³/mol. The molecule has 1 aromatic carbocycles. The second kappa shape index (κ2) is 7.86. The summed E-state index contributed by atoms with van der Waals surface area (Å²) >= 11 is 0. The van der Waals surface area contributed by atoms with Gasteiger partial charge in [-0.1, -0.05) is 31.9 Å². The van der Waals surface area contributed by atoms with Crippen LogP contribution in [0.2, 0.25) is 0 Å². The molecule has 0 aliphatic rings. The summed E-state index contributed by atoms with van der Waals surface area (Å²) in [5.41, 5.74) is 1.14. The van der Waals surface area contributed by atoms with Gasteiger partial charge in [0.15, 0.2) is 0 Å². The fourth-order valence-corrected chi connectivity index (χ4v) is 1.81. The van der Waals surface area contributed by atoms with Crippen LogP contribution in [0.4, 0.5) is 4.39 Å². The van der Waals surface area contributed by atoms with E-state index in [9.17, 15) is 4.39 Å². The van der Waals surface area contributed by atoms with Gasteiger partial charge in [-0.15, -0.1) is 12.3 Å². The van der Waals surface area contributed by atoms with Gasteiger partial charge in [0.25, 0.3) is 0 Å². The lowest BCUT2D eigenvalue weighted by Gasteiger charge is -2.18. The molecule has 1 nitrogen and oxygen atoms in total. The molecule has 0 fully saturated rings. The zero-order chi connectivity index (χ0) is 12.5. The van der Waals surface area contributed by atoms with E-state index in [1.807, 2.05) is 12.1 Å². The molecule has 0 aromatic heterocycles. The molecule has 1 rings (SSSR count). The molecule has 1 unspecified atom stereocenters. The molecule has 17 heavy (non-hydrogen) atoms. The Balaban J connectivity index is 2.61. The van der Waals surface area contributed by atoms with Crippen molar-refractivity contribution in [3.05, 3.63) is 35.6 Å². The van der Waals surface area contributed by atoms with Gasteiger partial charge >= 0.3 is 0 Å². The number of rotatable bonds is 7. The van der Waals surface area contributed by atoms with E-state index in [1.54, 1.807) is 0 Å². The summed E-state index contributed by atoms with van der Waals surface area (Å²) in [6.45, 7) is 2.98. The summed E-state index contributed by atoms with van der Waals surface area (Å²) in [6.07, 6.45) is 9.34. The third-order valence-corrected chi connectivity index (χ3v) is 2.78. The van der Waals surface area contributed by atoms with E-state index in [4.69, 9.17) is 6.42 Å². The van der Waals surface area contributed by atoms with E-state index >= 15 is 0 Å².